The van der Waals surface area contributed by atoms with E-state index in [1.807, 2.05) is 6.07 Å². The van der Waals surface area contributed by atoms with Crippen molar-refractivity contribution in [2.75, 3.05) is 6.61 Å². The maximum atomic E-state index is 8.97. The van der Waals surface area contributed by atoms with Crippen LogP contribution in [0.3, 0.4) is 0 Å². The van der Waals surface area contributed by atoms with E-state index in [2.05, 4.69) is 0 Å². The summed E-state index contributed by atoms with van der Waals surface area (Å²) in [6.07, 6.45) is 2.19. The zero-order valence-electron chi connectivity index (χ0n) is 6.23. The Balaban J connectivity index is 2.23. The van der Waals surface area contributed by atoms with Crippen LogP contribution in [-0.4, -0.2) is 22.9 Å². The van der Waals surface area contributed by atoms with E-state index in [1.165, 1.54) is 0 Å². The first-order valence-electron chi connectivity index (χ1n) is 3.64. The molecule has 1 atom stereocenters. The summed E-state index contributed by atoms with van der Waals surface area (Å²) in [5.74, 6) is 0.845. The van der Waals surface area contributed by atoms with Gasteiger partial charge in [0.15, 0.2) is 0 Å². The summed E-state index contributed by atoms with van der Waals surface area (Å²) >= 11 is 0. The van der Waals surface area contributed by atoms with Crippen LogP contribution < -0.4 is 0 Å². The Morgan fingerprint density at radius 1 is 1.55 bits per heavy atom. The summed E-state index contributed by atoms with van der Waals surface area (Å²) in [4.78, 5) is 0. The lowest BCUT2D eigenvalue weighted by Crippen LogP contribution is -2.12. The quantitative estimate of drug-likeness (QED) is 0.670. The number of hydrogen-bond acceptors (Lipinski definition) is 3. The Morgan fingerprint density at radius 2 is 2.36 bits per heavy atom. The third-order valence-electron chi connectivity index (χ3n) is 1.51. The topological polar surface area (TPSA) is 53.6 Å². The van der Waals surface area contributed by atoms with Crippen molar-refractivity contribution >= 4 is 0 Å². The van der Waals surface area contributed by atoms with E-state index in [0.717, 1.165) is 5.76 Å². The third-order valence-corrected chi connectivity index (χ3v) is 1.51. The molecule has 3 nitrogen and oxygen atoms in total. The molecule has 0 aromatic carbocycles. The van der Waals surface area contributed by atoms with Gasteiger partial charge in [-0.2, -0.15) is 0 Å². The predicted octanol–water partition coefficient (Wildman–Crippen LogP) is 0.565. The van der Waals surface area contributed by atoms with Crippen LogP contribution in [0.5, 0.6) is 0 Å². The van der Waals surface area contributed by atoms with E-state index in [1.54, 1.807) is 12.3 Å². The van der Waals surface area contributed by atoms with Gasteiger partial charge in [-0.1, -0.05) is 0 Å². The van der Waals surface area contributed by atoms with Crippen molar-refractivity contribution < 1.29 is 14.6 Å². The molecule has 0 aliphatic heterocycles. The molecule has 1 heterocycles. The van der Waals surface area contributed by atoms with E-state index in [4.69, 9.17) is 14.6 Å². The molecule has 0 spiro atoms. The SMILES string of the molecule is OCC(O)CCc1ccco1. The van der Waals surface area contributed by atoms with Crippen LogP contribution in [0.25, 0.3) is 0 Å². The molecule has 1 aromatic rings. The standard InChI is InChI=1S/C8H12O3/c9-6-7(10)3-4-8-2-1-5-11-8/h1-2,5,7,9-10H,3-4,6H2. The van der Waals surface area contributed by atoms with Gasteiger partial charge in [-0.15, -0.1) is 0 Å². The third kappa shape index (κ3) is 2.74. The minimum Gasteiger partial charge on any atom is -0.469 e. The van der Waals surface area contributed by atoms with E-state index in [9.17, 15) is 0 Å². The molecule has 11 heavy (non-hydrogen) atoms. The highest BCUT2D eigenvalue weighted by Crippen LogP contribution is 2.05. The Hall–Kier alpha value is -0.800. The van der Waals surface area contributed by atoms with Crippen molar-refractivity contribution in [3.05, 3.63) is 24.2 Å². The van der Waals surface area contributed by atoms with Crippen LogP contribution in [0.2, 0.25) is 0 Å². The number of furan rings is 1. The molecule has 0 fully saturated rings. The molecular formula is C8H12O3. The molecule has 1 rings (SSSR count). The van der Waals surface area contributed by atoms with Gasteiger partial charge in [0.2, 0.25) is 0 Å². The first-order chi connectivity index (χ1) is 5.33. The number of rotatable bonds is 4. The van der Waals surface area contributed by atoms with Crippen molar-refractivity contribution in [1.82, 2.24) is 0 Å². The molecule has 1 aromatic heterocycles. The average molecular weight is 156 g/mol. The summed E-state index contributed by atoms with van der Waals surface area (Å²) in [6.45, 7) is -0.180. The maximum Gasteiger partial charge on any atom is 0.103 e. The van der Waals surface area contributed by atoms with Gasteiger partial charge in [-0.05, 0) is 18.6 Å². The van der Waals surface area contributed by atoms with Crippen LogP contribution in [-0.2, 0) is 6.42 Å². The second kappa shape index (κ2) is 4.16. The summed E-state index contributed by atoms with van der Waals surface area (Å²) < 4.78 is 5.04. The lowest BCUT2D eigenvalue weighted by atomic mass is 10.2. The van der Waals surface area contributed by atoms with Gasteiger partial charge < -0.3 is 14.6 Å². The van der Waals surface area contributed by atoms with Crippen LogP contribution in [0, 0.1) is 0 Å². The van der Waals surface area contributed by atoms with Gasteiger partial charge >= 0.3 is 0 Å². The van der Waals surface area contributed by atoms with E-state index in [-0.39, 0.29) is 6.61 Å². The molecule has 2 N–H and O–H groups in total. The first-order valence-corrected chi connectivity index (χ1v) is 3.64. The van der Waals surface area contributed by atoms with Gasteiger partial charge in [-0.3, -0.25) is 0 Å². The Morgan fingerprint density at radius 3 is 2.91 bits per heavy atom. The molecule has 0 aliphatic carbocycles. The van der Waals surface area contributed by atoms with E-state index < -0.39 is 6.10 Å². The fraction of sp³-hybridized carbons (Fsp3) is 0.500. The molecule has 3 heteroatoms. The van der Waals surface area contributed by atoms with E-state index >= 15 is 0 Å². The summed E-state index contributed by atoms with van der Waals surface area (Å²) in [7, 11) is 0. The summed E-state index contributed by atoms with van der Waals surface area (Å²) in [5.41, 5.74) is 0. The van der Waals surface area contributed by atoms with Gasteiger partial charge in [0.25, 0.3) is 0 Å². The normalized spacial score (nSPS) is 13.3. The fourth-order valence-corrected chi connectivity index (χ4v) is 0.855. The highest BCUT2D eigenvalue weighted by molar-refractivity contribution is 4.98. The van der Waals surface area contributed by atoms with Crippen molar-refractivity contribution in [2.24, 2.45) is 0 Å². The van der Waals surface area contributed by atoms with Gasteiger partial charge in [0.05, 0.1) is 19.0 Å². The van der Waals surface area contributed by atoms with Crippen LogP contribution in [0.15, 0.2) is 22.8 Å². The number of aliphatic hydroxyl groups is 2. The van der Waals surface area contributed by atoms with Crippen LogP contribution in [0.1, 0.15) is 12.2 Å². The average Bonchev–Trinajstić information content (AvgIpc) is 2.52. The number of aryl methyl sites for hydroxylation is 1. The molecule has 0 saturated heterocycles. The molecule has 1 unspecified atom stereocenters. The molecule has 0 bridgehead atoms. The molecule has 0 amide bonds. The Labute approximate surface area is 65.3 Å². The maximum absolute atomic E-state index is 8.97. The monoisotopic (exact) mass is 156 g/mol. The van der Waals surface area contributed by atoms with Gasteiger partial charge in [0.1, 0.15) is 5.76 Å². The van der Waals surface area contributed by atoms with Crippen molar-refractivity contribution in [1.29, 1.82) is 0 Å². The largest absolute Gasteiger partial charge is 0.469 e. The summed E-state index contributed by atoms with van der Waals surface area (Å²) in [6, 6.07) is 3.66. The van der Waals surface area contributed by atoms with Gasteiger partial charge in [-0.25, -0.2) is 0 Å². The van der Waals surface area contributed by atoms with E-state index in [0.29, 0.717) is 12.8 Å². The predicted molar refractivity (Wildman–Crippen MR) is 40.1 cm³/mol. The lowest BCUT2D eigenvalue weighted by molar-refractivity contribution is 0.0874. The van der Waals surface area contributed by atoms with Crippen molar-refractivity contribution in [3.8, 4) is 0 Å². The molecular weight excluding hydrogens is 144 g/mol. The zero-order valence-corrected chi connectivity index (χ0v) is 6.23. The Kier molecular flexibility index (Phi) is 3.14. The smallest absolute Gasteiger partial charge is 0.103 e. The number of hydrogen-bond donors (Lipinski definition) is 2. The minimum absolute atomic E-state index is 0.180. The Bertz CT molecular complexity index is 181. The minimum atomic E-state index is -0.625. The molecule has 0 radical (unpaired) electrons. The zero-order chi connectivity index (χ0) is 8.10. The highest BCUT2D eigenvalue weighted by atomic mass is 16.3. The summed E-state index contributed by atoms with van der Waals surface area (Å²) in [5, 5.41) is 17.4. The first kappa shape index (κ1) is 8.30. The van der Waals surface area contributed by atoms with Crippen molar-refractivity contribution in [3.63, 3.8) is 0 Å². The fourth-order valence-electron chi connectivity index (χ4n) is 0.855. The number of aliphatic hydroxyl groups excluding tert-OH is 2. The highest BCUT2D eigenvalue weighted by Gasteiger charge is 2.03. The van der Waals surface area contributed by atoms with Crippen LogP contribution >= 0.6 is 0 Å². The lowest BCUT2D eigenvalue weighted by Gasteiger charge is -2.03. The second-order valence-electron chi connectivity index (χ2n) is 2.45. The van der Waals surface area contributed by atoms with Gasteiger partial charge in [0, 0.05) is 6.42 Å². The molecule has 62 valence electrons. The molecule has 0 aliphatic rings. The second-order valence-corrected chi connectivity index (χ2v) is 2.45. The molecule has 0 saturated carbocycles. The van der Waals surface area contributed by atoms with Crippen LogP contribution in [0.4, 0.5) is 0 Å². The van der Waals surface area contributed by atoms with Crippen molar-refractivity contribution in [2.45, 2.75) is 18.9 Å².